The molecule has 0 unspecified atom stereocenters. The molecule has 0 fully saturated rings. The van der Waals surface area contributed by atoms with E-state index in [0.717, 1.165) is 16.9 Å². The molecule has 100 valence electrons. The standard InChI is InChI=1S/C15H18N2O2/c1-10-5-4-6-13(14(10)16)15(18)17(3)9-12-7-8-19-11(12)2/h4-8H,9,16H2,1-3H3. The van der Waals surface area contributed by atoms with Gasteiger partial charge in [0.05, 0.1) is 11.8 Å². The molecular weight excluding hydrogens is 240 g/mol. The van der Waals surface area contributed by atoms with Gasteiger partial charge >= 0.3 is 0 Å². The van der Waals surface area contributed by atoms with Crippen LogP contribution in [0.4, 0.5) is 5.69 Å². The zero-order valence-electron chi connectivity index (χ0n) is 11.4. The first kappa shape index (κ1) is 13.2. The van der Waals surface area contributed by atoms with Crippen LogP contribution < -0.4 is 5.73 Å². The van der Waals surface area contributed by atoms with Gasteiger partial charge in [0.2, 0.25) is 0 Å². The third-order valence-corrected chi connectivity index (χ3v) is 3.27. The van der Waals surface area contributed by atoms with Crippen LogP contribution in [0.1, 0.15) is 27.2 Å². The van der Waals surface area contributed by atoms with E-state index in [0.29, 0.717) is 17.8 Å². The smallest absolute Gasteiger partial charge is 0.255 e. The number of hydrogen-bond acceptors (Lipinski definition) is 3. The maximum atomic E-state index is 12.4. The maximum Gasteiger partial charge on any atom is 0.255 e. The molecule has 0 aliphatic rings. The molecular formula is C15H18N2O2. The third kappa shape index (κ3) is 2.62. The first-order valence-corrected chi connectivity index (χ1v) is 6.14. The number of carbonyl (C=O) groups excluding carboxylic acids is 1. The maximum absolute atomic E-state index is 12.4. The molecule has 2 aromatic rings. The van der Waals surface area contributed by atoms with E-state index in [4.69, 9.17) is 10.2 Å². The van der Waals surface area contributed by atoms with E-state index in [1.165, 1.54) is 0 Å². The number of rotatable bonds is 3. The van der Waals surface area contributed by atoms with Gasteiger partial charge in [-0.05, 0) is 31.5 Å². The summed E-state index contributed by atoms with van der Waals surface area (Å²) in [5, 5.41) is 0. The van der Waals surface area contributed by atoms with Crippen molar-refractivity contribution in [2.45, 2.75) is 20.4 Å². The lowest BCUT2D eigenvalue weighted by Crippen LogP contribution is -2.27. The molecule has 1 amide bonds. The van der Waals surface area contributed by atoms with Crippen LogP contribution in [0.3, 0.4) is 0 Å². The number of nitrogens with zero attached hydrogens (tertiary/aromatic N) is 1. The van der Waals surface area contributed by atoms with Crippen molar-refractivity contribution in [1.29, 1.82) is 0 Å². The van der Waals surface area contributed by atoms with Crippen molar-refractivity contribution in [3.8, 4) is 0 Å². The number of nitrogen functional groups attached to an aromatic ring is 1. The summed E-state index contributed by atoms with van der Waals surface area (Å²) in [5.74, 6) is 0.749. The van der Waals surface area contributed by atoms with Gasteiger partial charge in [-0.25, -0.2) is 0 Å². The van der Waals surface area contributed by atoms with Crippen molar-refractivity contribution < 1.29 is 9.21 Å². The third-order valence-electron chi connectivity index (χ3n) is 3.27. The zero-order chi connectivity index (χ0) is 14.0. The highest BCUT2D eigenvalue weighted by Crippen LogP contribution is 2.19. The van der Waals surface area contributed by atoms with E-state index in [-0.39, 0.29) is 5.91 Å². The van der Waals surface area contributed by atoms with E-state index in [9.17, 15) is 4.79 Å². The van der Waals surface area contributed by atoms with Gasteiger partial charge in [0.25, 0.3) is 5.91 Å². The number of para-hydroxylation sites is 1. The summed E-state index contributed by atoms with van der Waals surface area (Å²) in [4.78, 5) is 14.0. The van der Waals surface area contributed by atoms with Gasteiger partial charge in [0.1, 0.15) is 5.76 Å². The number of furan rings is 1. The van der Waals surface area contributed by atoms with E-state index in [1.807, 2.05) is 32.0 Å². The van der Waals surface area contributed by atoms with Crippen molar-refractivity contribution in [2.75, 3.05) is 12.8 Å². The molecule has 0 saturated heterocycles. The average Bonchev–Trinajstić information content (AvgIpc) is 2.77. The Balaban J connectivity index is 2.20. The van der Waals surface area contributed by atoms with Crippen LogP contribution in [0.5, 0.6) is 0 Å². The predicted octanol–water partition coefficient (Wildman–Crippen LogP) is 2.75. The molecule has 0 atom stereocenters. The molecule has 1 aromatic heterocycles. The molecule has 2 N–H and O–H groups in total. The molecule has 4 heteroatoms. The summed E-state index contributed by atoms with van der Waals surface area (Å²) in [6.45, 7) is 4.29. The number of nitrogens with two attached hydrogens (primary N) is 1. The Morgan fingerprint density at radius 3 is 2.68 bits per heavy atom. The summed E-state index contributed by atoms with van der Waals surface area (Å²) < 4.78 is 5.23. The fourth-order valence-corrected chi connectivity index (χ4v) is 1.98. The highest BCUT2D eigenvalue weighted by molar-refractivity contribution is 5.99. The molecule has 0 aliphatic heterocycles. The van der Waals surface area contributed by atoms with Crippen molar-refractivity contribution in [1.82, 2.24) is 4.90 Å². The summed E-state index contributed by atoms with van der Waals surface area (Å²) in [6.07, 6.45) is 1.63. The lowest BCUT2D eigenvalue weighted by atomic mass is 10.1. The Labute approximate surface area is 112 Å². The summed E-state index contributed by atoms with van der Waals surface area (Å²) in [7, 11) is 1.76. The van der Waals surface area contributed by atoms with Crippen LogP contribution in [-0.4, -0.2) is 17.9 Å². The second kappa shape index (κ2) is 5.18. The van der Waals surface area contributed by atoms with E-state index in [2.05, 4.69) is 0 Å². The summed E-state index contributed by atoms with van der Waals surface area (Å²) >= 11 is 0. The Kier molecular flexibility index (Phi) is 3.60. The molecule has 0 bridgehead atoms. The first-order chi connectivity index (χ1) is 9.00. The van der Waals surface area contributed by atoms with Gasteiger partial charge < -0.3 is 15.1 Å². The SMILES string of the molecule is Cc1cccc(C(=O)N(C)Cc2ccoc2C)c1N. The van der Waals surface area contributed by atoms with Crippen molar-refractivity contribution in [3.63, 3.8) is 0 Å². The van der Waals surface area contributed by atoms with Crippen molar-refractivity contribution in [2.24, 2.45) is 0 Å². The summed E-state index contributed by atoms with van der Waals surface area (Å²) in [6, 6.07) is 7.37. The van der Waals surface area contributed by atoms with Crippen LogP contribution >= 0.6 is 0 Å². The molecule has 19 heavy (non-hydrogen) atoms. The lowest BCUT2D eigenvalue weighted by molar-refractivity contribution is 0.0785. The number of benzene rings is 1. The molecule has 4 nitrogen and oxygen atoms in total. The lowest BCUT2D eigenvalue weighted by Gasteiger charge is -2.18. The zero-order valence-corrected chi connectivity index (χ0v) is 11.4. The highest BCUT2D eigenvalue weighted by Gasteiger charge is 2.16. The molecule has 0 saturated carbocycles. The first-order valence-electron chi connectivity index (χ1n) is 6.14. The molecule has 1 heterocycles. The Morgan fingerprint density at radius 1 is 1.32 bits per heavy atom. The van der Waals surface area contributed by atoms with E-state index in [1.54, 1.807) is 24.3 Å². The van der Waals surface area contributed by atoms with Crippen LogP contribution in [0.15, 0.2) is 34.9 Å². The Morgan fingerprint density at radius 2 is 2.05 bits per heavy atom. The number of carbonyl (C=O) groups is 1. The minimum absolute atomic E-state index is 0.0817. The number of aryl methyl sites for hydroxylation is 2. The molecule has 2 rings (SSSR count). The topological polar surface area (TPSA) is 59.5 Å². The quantitative estimate of drug-likeness (QED) is 0.861. The molecule has 0 radical (unpaired) electrons. The number of hydrogen-bond donors (Lipinski definition) is 1. The van der Waals surface area contributed by atoms with Gasteiger partial charge in [-0.3, -0.25) is 4.79 Å². The van der Waals surface area contributed by atoms with Gasteiger partial charge in [0, 0.05) is 24.8 Å². The van der Waals surface area contributed by atoms with Gasteiger partial charge in [-0.15, -0.1) is 0 Å². The minimum atomic E-state index is -0.0817. The molecule has 1 aromatic carbocycles. The van der Waals surface area contributed by atoms with Crippen molar-refractivity contribution in [3.05, 3.63) is 53.0 Å². The van der Waals surface area contributed by atoms with Gasteiger partial charge in [-0.2, -0.15) is 0 Å². The number of anilines is 1. The predicted molar refractivity (Wildman–Crippen MR) is 74.8 cm³/mol. The molecule has 0 aliphatic carbocycles. The van der Waals surface area contributed by atoms with Gasteiger partial charge in [-0.1, -0.05) is 12.1 Å². The largest absolute Gasteiger partial charge is 0.469 e. The second-order valence-electron chi connectivity index (χ2n) is 4.70. The second-order valence-corrected chi connectivity index (χ2v) is 4.70. The average molecular weight is 258 g/mol. The van der Waals surface area contributed by atoms with Gasteiger partial charge in [0.15, 0.2) is 0 Å². The van der Waals surface area contributed by atoms with Crippen molar-refractivity contribution >= 4 is 11.6 Å². The van der Waals surface area contributed by atoms with Crippen LogP contribution in [0.25, 0.3) is 0 Å². The fraction of sp³-hybridized carbons (Fsp3) is 0.267. The monoisotopic (exact) mass is 258 g/mol. The fourth-order valence-electron chi connectivity index (χ4n) is 1.98. The minimum Gasteiger partial charge on any atom is -0.469 e. The van der Waals surface area contributed by atoms with E-state index >= 15 is 0 Å². The van der Waals surface area contributed by atoms with Crippen LogP contribution in [0.2, 0.25) is 0 Å². The Hall–Kier alpha value is -2.23. The van der Waals surface area contributed by atoms with Crippen LogP contribution in [-0.2, 0) is 6.54 Å². The highest BCUT2D eigenvalue weighted by atomic mass is 16.3. The van der Waals surface area contributed by atoms with E-state index < -0.39 is 0 Å². The molecule has 0 spiro atoms. The Bertz CT molecular complexity index is 602. The number of amides is 1. The van der Waals surface area contributed by atoms with Crippen LogP contribution in [0, 0.1) is 13.8 Å². The normalized spacial score (nSPS) is 10.5. The summed E-state index contributed by atoms with van der Waals surface area (Å²) in [5.41, 5.74) is 8.97.